The van der Waals surface area contributed by atoms with Crippen molar-refractivity contribution in [2.24, 2.45) is 0 Å². The molecule has 0 radical (unpaired) electrons. The summed E-state index contributed by atoms with van der Waals surface area (Å²) in [6.45, 7) is 1.93. The van der Waals surface area contributed by atoms with E-state index < -0.39 is 0 Å². The van der Waals surface area contributed by atoms with Crippen LogP contribution in [0.25, 0.3) is 0 Å². The third-order valence-corrected chi connectivity index (χ3v) is 1.34. The van der Waals surface area contributed by atoms with Crippen molar-refractivity contribution in [2.45, 2.75) is 13.3 Å². The Kier molecular flexibility index (Phi) is 3.02. The molecule has 0 amide bonds. The number of aliphatic hydroxyl groups excluding tert-OH is 1. The van der Waals surface area contributed by atoms with Gasteiger partial charge in [-0.15, -0.1) is 0 Å². The predicted octanol–water partition coefficient (Wildman–Crippen LogP) is 0.446. The summed E-state index contributed by atoms with van der Waals surface area (Å²) < 4.78 is 0.588. The van der Waals surface area contributed by atoms with Crippen molar-refractivity contribution in [3.05, 3.63) is 0 Å². The number of hydrogen-bond donors (Lipinski definition) is 1. The Morgan fingerprint density at radius 3 is 2.20 bits per heavy atom. The molecule has 0 aliphatic rings. The van der Waals surface area contributed by atoms with E-state index in [-0.39, 0.29) is 0 Å². The van der Waals surface area contributed by atoms with Crippen LogP contribution in [-0.2, 0) is 19.4 Å². The summed E-state index contributed by atoms with van der Waals surface area (Å²) in [5.74, 6) is 0. The van der Waals surface area contributed by atoms with E-state index in [1.807, 2.05) is 6.92 Å². The molecule has 0 spiro atoms. The average Bonchev–Trinajstić information content (AvgIpc) is 1.38. The van der Waals surface area contributed by atoms with Crippen LogP contribution in [0.1, 0.15) is 13.3 Å². The maximum atomic E-state index is 8.31. The summed E-state index contributed by atoms with van der Waals surface area (Å²) in [5.41, 5.74) is 0. The fourth-order valence-electron chi connectivity index (χ4n) is 0. The Morgan fingerprint density at radius 1 is 2.00 bits per heavy atom. The van der Waals surface area contributed by atoms with E-state index >= 15 is 0 Å². The molecule has 5 heavy (non-hydrogen) atoms. The molecule has 0 aromatic rings. The van der Waals surface area contributed by atoms with E-state index in [0.29, 0.717) is 4.08 Å². The topological polar surface area (TPSA) is 20.2 Å². The molecule has 0 fully saturated rings. The van der Waals surface area contributed by atoms with E-state index in [9.17, 15) is 0 Å². The van der Waals surface area contributed by atoms with Gasteiger partial charge >= 0.3 is 41.9 Å². The fraction of sp³-hybridized carbons (Fsp3) is 0.667. The summed E-state index contributed by atoms with van der Waals surface area (Å²) in [5, 5.41) is 8.31. The maximum absolute atomic E-state index is 8.31. The first kappa shape index (κ1) is 5.52. The Hall–Kier alpha value is 0.518. The monoisotopic (exact) mass is 242 g/mol. The number of aliphatic hydroxyl groups is 1. The van der Waals surface area contributed by atoms with Crippen LogP contribution in [0.5, 0.6) is 0 Å². The van der Waals surface area contributed by atoms with Gasteiger partial charge in [-0.3, -0.25) is 0 Å². The van der Waals surface area contributed by atoms with E-state index in [1.165, 1.54) is 19.4 Å². The Morgan fingerprint density at radius 2 is 2.20 bits per heavy atom. The summed E-state index contributed by atoms with van der Waals surface area (Å²) >= 11 is 1.18. The zero-order chi connectivity index (χ0) is 4.28. The van der Waals surface area contributed by atoms with E-state index in [0.717, 1.165) is 6.42 Å². The first-order chi connectivity index (χ1) is 2.27. The van der Waals surface area contributed by atoms with Gasteiger partial charge in [-0.2, -0.15) is 0 Å². The molecular formula is C3H6OW. The zero-order valence-corrected chi connectivity index (χ0v) is 6.00. The van der Waals surface area contributed by atoms with Crippen molar-refractivity contribution < 1.29 is 24.5 Å². The molecule has 1 nitrogen and oxygen atoms in total. The van der Waals surface area contributed by atoms with Gasteiger partial charge in [0.25, 0.3) is 0 Å². The molecule has 0 unspecified atom stereocenters. The van der Waals surface area contributed by atoms with E-state index in [4.69, 9.17) is 5.11 Å². The Bertz CT molecular complexity index is 42.2. The molecule has 0 atom stereocenters. The molecular weight excluding hydrogens is 236 g/mol. The van der Waals surface area contributed by atoms with Gasteiger partial charge in [0.1, 0.15) is 0 Å². The summed E-state index contributed by atoms with van der Waals surface area (Å²) in [6, 6.07) is 0. The number of rotatable bonds is 1. The van der Waals surface area contributed by atoms with Crippen molar-refractivity contribution in [3.63, 3.8) is 0 Å². The third-order valence-electron chi connectivity index (χ3n) is 0.302. The zero-order valence-electron chi connectivity index (χ0n) is 3.06. The molecule has 0 aromatic carbocycles. The van der Waals surface area contributed by atoms with Crippen molar-refractivity contribution in [3.8, 4) is 0 Å². The van der Waals surface area contributed by atoms with Gasteiger partial charge in [0.15, 0.2) is 0 Å². The molecule has 0 saturated carbocycles. The summed E-state index contributed by atoms with van der Waals surface area (Å²) in [7, 11) is 0. The second-order valence-electron chi connectivity index (χ2n) is 0.747. The summed E-state index contributed by atoms with van der Waals surface area (Å²) in [6.07, 6.45) is 0.815. The van der Waals surface area contributed by atoms with Crippen LogP contribution in [0, 0.1) is 0 Å². The van der Waals surface area contributed by atoms with Gasteiger partial charge in [0, 0.05) is 0 Å². The Balaban J connectivity index is 2.85. The quantitative estimate of drug-likeness (QED) is 0.707. The molecule has 0 saturated heterocycles. The standard InChI is InChI=1S/C3H6O.W/c1-2-3-4;/h4H,2H2,1H3;. The van der Waals surface area contributed by atoms with Gasteiger partial charge in [0.05, 0.1) is 0 Å². The Labute approximate surface area is 42.4 Å². The minimum atomic E-state index is 0.588. The molecule has 0 aliphatic heterocycles. The summed E-state index contributed by atoms with van der Waals surface area (Å²) in [4.78, 5) is 0. The molecule has 0 heterocycles. The van der Waals surface area contributed by atoms with Crippen molar-refractivity contribution >= 4 is 4.08 Å². The van der Waals surface area contributed by atoms with Crippen molar-refractivity contribution in [2.75, 3.05) is 0 Å². The van der Waals surface area contributed by atoms with Gasteiger partial charge in [-0.05, 0) is 0 Å². The van der Waals surface area contributed by atoms with Crippen molar-refractivity contribution in [1.29, 1.82) is 0 Å². The van der Waals surface area contributed by atoms with Crippen LogP contribution in [0.15, 0.2) is 0 Å². The fourth-order valence-corrected chi connectivity index (χ4v) is 0. The normalized spacial score (nSPS) is 7.60. The molecule has 2 heteroatoms. The van der Waals surface area contributed by atoms with Crippen LogP contribution >= 0.6 is 0 Å². The van der Waals surface area contributed by atoms with Crippen LogP contribution in [0.4, 0.5) is 0 Å². The number of hydrogen-bond acceptors (Lipinski definition) is 1. The van der Waals surface area contributed by atoms with Crippen LogP contribution in [0.3, 0.4) is 0 Å². The minimum absolute atomic E-state index is 0.588. The van der Waals surface area contributed by atoms with E-state index in [2.05, 4.69) is 0 Å². The predicted molar refractivity (Wildman–Crippen MR) is 17.2 cm³/mol. The van der Waals surface area contributed by atoms with Gasteiger partial charge in [0.2, 0.25) is 0 Å². The molecule has 1 N–H and O–H groups in total. The van der Waals surface area contributed by atoms with Crippen LogP contribution < -0.4 is 0 Å². The van der Waals surface area contributed by atoms with Gasteiger partial charge in [-0.25, -0.2) is 0 Å². The molecule has 0 rings (SSSR count). The third kappa shape index (κ3) is 4.52. The molecule has 30 valence electrons. The average molecular weight is 242 g/mol. The second-order valence-corrected chi connectivity index (χ2v) is 2.44. The second kappa shape index (κ2) is 2.74. The first-order valence-electron chi connectivity index (χ1n) is 1.49. The van der Waals surface area contributed by atoms with Crippen molar-refractivity contribution in [1.82, 2.24) is 0 Å². The first-order valence-corrected chi connectivity index (χ1v) is 2.96. The van der Waals surface area contributed by atoms with Gasteiger partial charge in [-0.1, -0.05) is 0 Å². The molecule has 0 aromatic heterocycles. The SMILES string of the molecule is CC[C](O)=[W]. The molecule has 0 bridgehead atoms. The van der Waals surface area contributed by atoms with Gasteiger partial charge < -0.3 is 0 Å². The van der Waals surface area contributed by atoms with Crippen LogP contribution in [-0.4, -0.2) is 9.19 Å². The molecule has 0 aliphatic carbocycles. The van der Waals surface area contributed by atoms with Crippen LogP contribution in [0.2, 0.25) is 0 Å². The van der Waals surface area contributed by atoms with E-state index in [1.54, 1.807) is 0 Å².